The molecule has 0 aliphatic rings. The number of thioether (sulfide) groups is 1. The number of hydrogen-bond donors (Lipinski definition) is 2. The van der Waals surface area contributed by atoms with Crippen molar-refractivity contribution in [3.05, 3.63) is 17.7 Å². The molecule has 0 spiro atoms. The van der Waals surface area contributed by atoms with Crippen molar-refractivity contribution < 1.29 is 14.6 Å². The minimum absolute atomic E-state index is 0.163. The zero-order valence-electron chi connectivity index (χ0n) is 9.69. The molecule has 1 unspecified atom stereocenters. The fraction of sp³-hybridized carbons (Fsp3) is 0.455. The zero-order chi connectivity index (χ0) is 12.1. The van der Waals surface area contributed by atoms with Gasteiger partial charge >= 0.3 is 0 Å². The number of rotatable bonds is 5. The Labute approximate surface area is 99.7 Å². The molecule has 4 nitrogen and oxygen atoms in total. The van der Waals surface area contributed by atoms with E-state index in [-0.39, 0.29) is 6.54 Å². The van der Waals surface area contributed by atoms with Crippen LogP contribution in [0.15, 0.2) is 17.0 Å². The summed E-state index contributed by atoms with van der Waals surface area (Å²) in [6, 6.07) is 3.58. The van der Waals surface area contributed by atoms with Crippen molar-refractivity contribution in [3.63, 3.8) is 0 Å². The highest BCUT2D eigenvalue weighted by molar-refractivity contribution is 7.98. The standard InChI is InChI=1S/C11H17NO3S/c1-14-9-5-4-7(8(13)6-12)10(15-2)11(9)16-3/h4-5,8,13H,6,12H2,1-3H3. The van der Waals surface area contributed by atoms with Crippen LogP contribution in [0.25, 0.3) is 0 Å². The van der Waals surface area contributed by atoms with Crippen molar-refractivity contribution >= 4 is 11.8 Å². The van der Waals surface area contributed by atoms with Crippen molar-refractivity contribution in [2.45, 2.75) is 11.0 Å². The Balaban J connectivity index is 3.31. The summed E-state index contributed by atoms with van der Waals surface area (Å²) in [7, 11) is 3.18. The molecule has 0 bridgehead atoms. The summed E-state index contributed by atoms with van der Waals surface area (Å²) in [5.74, 6) is 1.36. The number of ether oxygens (including phenoxy) is 2. The van der Waals surface area contributed by atoms with Crippen LogP contribution >= 0.6 is 11.8 Å². The second kappa shape index (κ2) is 5.98. The van der Waals surface area contributed by atoms with Crippen LogP contribution in [0.5, 0.6) is 11.5 Å². The lowest BCUT2D eigenvalue weighted by Crippen LogP contribution is -2.13. The number of aliphatic hydroxyl groups is 1. The van der Waals surface area contributed by atoms with Crippen LogP contribution in [0.4, 0.5) is 0 Å². The quantitative estimate of drug-likeness (QED) is 0.766. The monoisotopic (exact) mass is 243 g/mol. The van der Waals surface area contributed by atoms with Crippen molar-refractivity contribution in [1.82, 2.24) is 0 Å². The van der Waals surface area contributed by atoms with Gasteiger partial charge in [-0.05, 0) is 18.4 Å². The molecular weight excluding hydrogens is 226 g/mol. The summed E-state index contributed by atoms with van der Waals surface area (Å²) in [5, 5.41) is 9.77. The lowest BCUT2D eigenvalue weighted by Gasteiger charge is -2.18. The molecule has 1 atom stereocenters. The molecule has 3 N–H and O–H groups in total. The van der Waals surface area contributed by atoms with Crippen molar-refractivity contribution in [1.29, 1.82) is 0 Å². The molecule has 90 valence electrons. The summed E-state index contributed by atoms with van der Waals surface area (Å²) < 4.78 is 10.5. The third kappa shape index (κ3) is 2.42. The van der Waals surface area contributed by atoms with E-state index in [1.807, 2.05) is 12.3 Å². The summed E-state index contributed by atoms with van der Waals surface area (Å²) in [6.45, 7) is 0.163. The maximum atomic E-state index is 9.77. The molecule has 0 heterocycles. The molecule has 1 aromatic rings. The Hall–Kier alpha value is -0.910. The first-order valence-electron chi connectivity index (χ1n) is 4.86. The molecule has 1 aromatic carbocycles. The molecule has 0 aromatic heterocycles. The maximum Gasteiger partial charge on any atom is 0.142 e. The molecule has 0 aliphatic carbocycles. The van der Waals surface area contributed by atoms with Crippen LogP contribution in [0.2, 0.25) is 0 Å². The Morgan fingerprint density at radius 3 is 2.50 bits per heavy atom. The van der Waals surface area contributed by atoms with Crippen molar-refractivity contribution in [2.24, 2.45) is 5.73 Å². The van der Waals surface area contributed by atoms with Gasteiger partial charge in [0.25, 0.3) is 0 Å². The van der Waals surface area contributed by atoms with Gasteiger partial charge in [0, 0.05) is 12.1 Å². The predicted molar refractivity (Wildman–Crippen MR) is 65.3 cm³/mol. The van der Waals surface area contributed by atoms with E-state index in [0.717, 1.165) is 10.6 Å². The van der Waals surface area contributed by atoms with Crippen LogP contribution in [0, 0.1) is 0 Å². The van der Waals surface area contributed by atoms with E-state index in [1.165, 1.54) is 11.8 Å². The lowest BCUT2D eigenvalue weighted by molar-refractivity contribution is 0.181. The first-order chi connectivity index (χ1) is 7.69. The molecule has 0 saturated heterocycles. The van der Waals surface area contributed by atoms with E-state index in [0.29, 0.717) is 11.3 Å². The number of methoxy groups -OCH3 is 2. The smallest absolute Gasteiger partial charge is 0.142 e. The molecule has 1 rings (SSSR count). The predicted octanol–water partition coefficient (Wildman–Crippen LogP) is 1.42. The second-order valence-corrected chi connectivity index (χ2v) is 3.99. The molecule has 0 aliphatic heterocycles. The SMILES string of the molecule is COc1ccc(C(O)CN)c(OC)c1SC. The molecule has 5 heteroatoms. The van der Waals surface area contributed by atoms with E-state index in [2.05, 4.69) is 0 Å². The van der Waals surface area contributed by atoms with Crippen molar-refractivity contribution in [2.75, 3.05) is 27.0 Å². The van der Waals surface area contributed by atoms with E-state index in [4.69, 9.17) is 15.2 Å². The Kier molecular flexibility index (Phi) is 4.92. The van der Waals surface area contributed by atoms with Crippen LogP contribution in [0.1, 0.15) is 11.7 Å². The molecule has 16 heavy (non-hydrogen) atoms. The Morgan fingerprint density at radius 2 is 2.06 bits per heavy atom. The van der Waals surface area contributed by atoms with Gasteiger partial charge in [0.1, 0.15) is 11.5 Å². The van der Waals surface area contributed by atoms with Gasteiger partial charge in [-0.3, -0.25) is 0 Å². The average molecular weight is 243 g/mol. The van der Waals surface area contributed by atoms with E-state index < -0.39 is 6.10 Å². The largest absolute Gasteiger partial charge is 0.495 e. The second-order valence-electron chi connectivity index (χ2n) is 3.18. The van der Waals surface area contributed by atoms with Gasteiger partial charge < -0.3 is 20.3 Å². The molecule has 0 saturated carbocycles. The lowest BCUT2D eigenvalue weighted by atomic mass is 10.1. The van der Waals surface area contributed by atoms with Crippen LogP contribution < -0.4 is 15.2 Å². The minimum atomic E-state index is -0.716. The highest BCUT2D eigenvalue weighted by atomic mass is 32.2. The number of nitrogens with two attached hydrogens (primary N) is 1. The van der Waals surface area contributed by atoms with Gasteiger partial charge in [0.2, 0.25) is 0 Å². The fourth-order valence-electron chi connectivity index (χ4n) is 1.51. The van der Waals surface area contributed by atoms with E-state index in [1.54, 1.807) is 20.3 Å². The highest BCUT2D eigenvalue weighted by Gasteiger charge is 2.18. The first kappa shape index (κ1) is 13.2. The van der Waals surface area contributed by atoms with Gasteiger partial charge in [-0.15, -0.1) is 11.8 Å². The Morgan fingerprint density at radius 1 is 1.38 bits per heavy atom. The summed E-state index contributed by atoms with van der Waals surface area (Å²) >= 11 is 1.51. The highest BCUT2D eigenvalue weighted by Crippen LogP contribution is 2.40. The van der Waals surface area contributed by atoms with Crippen LogP contribution in [0.3, 0.4) is 0 Å². The van der Waals surface area contributed by atoms with E-state index >= 15 is 0 Å². The van der Waals surface area contributed by atoms with Gasteiger partial charge in [0.05, 0.1) is 25.2 Å². The summed E-state index contributed by atoms with van der Waals surface area (Å²) in [5.41, 5.74) is 6.14. The molecule has 0 radical (unpaired) electrons. The zero-order valence-corrected chi connectivity index (χ0v) is 10.5. The number of benzene rings is 1. The third-order valence-corrected chi connectivity index (χ3v) is 3.11. The molecular formula is C11H17NO3S. The first-order valence-corrected chi connectivity index (χ1v) is 6.09. The minimum Gasteiger partial charge on any atom is -0.495 e. The van der Waals surface area contributed by atoms with E-state index in [9.17, 15) is 5.11 Å². The maximum absolute atomic E-state index is 9.77. The van der Waals surface area contributed by atoms with Gasteiger partial charge in [-0.2, -0.15) is 0 Å². The average Bonchev–Trinajstić information content (AvgIpc) is 2.35. The van der Waals surface area contributed by atoms with Crippen LogP contribution in [-0.2, 0) is 0 Å². The van der Waals surface area contributed by atoms with Gasteiger partial charge in [0.15, 0.2) is 0 Å². The topological polar surface area (TPSA) is 64.7 Å². The summed E-state index contributed by atoms with van der Waals surface area (Å²) in [4.78, 5) is 0.870. The van der Waals surface area contributed by atoms with Crippen molar-refractivity contribution in [3.8, 4) is 11.5 Å². The third-order valence-electron chi connectivity index (χ3n) is 2.32. The van der Waals surface area contributed by atoms with Gasteiger partial charge in [-0.25, -0.2) is 0 Å². The summed E-state index contributed by atoms with van der Waals surface area (Å²) in [6.07, 6.45) is 1.21. The Bertz CT molecular complexity index is 357. The fourth-order valence-corrected chi connectivity index (χ4v) is 2.25. The normalized spacial score (nSPS) is 12.3. The number of aliphatic hydroxyl groups excluding tert-OH is 1. The number of hydrogen-bond acceptors (Lipinski definition) is 5. The van der Waals surface area contributed by atoms with Gasteiger partial charge in [-0.1, -0.05) is 0 Å². The molecule has 0 amide bonds. The molecule has 0 fully saturated rings. The van der Waals surface area contributed by atoms with Crippen LogP contribution in [-0.4, -0.2) is 32.1 Å².